The molecule has 0 aliphatic carbocycles. The zero-order chi connectivity index (χ0) is 13.7. The molecule has 0 aliphatic rings. The fraction of sp³-hybridized carbons (Fsp3) is 0.143. The van der Waals surface area contributed by atoms with E-state index in [1.54, 1.807) is 12.1 Å². The number of aliphatic hydroxyl groups excluding tert-OH is 1. The van der Waals surface area contributed by atoms with Crippen LogP contribution in [0.1, 0.15) is 22.1 Å². The number of carbonyl (C=O) groups excluding carboxylic acids is 1. The molecule has 1 heterocycles. The lowest BCUT2D eigenvalue weighted by Crippen LogP contribution is -2.31. The Morgan fingerprint density at radius 2 is 2.00 bits per heavy atom. The molecule has 0 fully saturated rings. The summed E-state index contributed by atoms with van der Waals surface area (Å²) < 4.78 is 12.7. The van der Waals surface area contributed by atoms with Crippen LogP contribution in [-0.2, 0) is 0 Å². The SMILES string of the molecule is O=C(N[C@@H](CO)c1ccccc1)c1ccc(F)cn1. The van der Waals surface area contributed by atoms with Gasteiger partial charge in [0.1, 0.15) is 11.5 Å². The number of aliphatic hydroxyl groups is 1. The number of nitrogens with one attached hydrogen (secondary N) is 1. The fourth-order valence-corrected chi connectivity index (χ4v) is 1.66. The van der Waals surface area contributed by atoms with E-state index in [1.165, 1.54) is 12.1 Å². The van der Waals surface area contributed by atoms with Gasteiger partial charge in [-0.25, -0.2) is 9.37 Å². The van der Waals surface area contributed by atoms with Gasteiger partial charge in [0, 0.05) is 0 Å². The second-order valence-corrected chi connectivity index (χ2v) is 3.98. The summed E-state index contributed by atoms with van der Waals surface area (Å²) in [6, 6.07) is 11.0. The Hall–Kier alpha value is -2.27. The molecule has 2 aromatic rings. The summed E-state index contributed by atoms with van der Waals surface area (Å²) in [4.78, 5) is 15.6. The molecule has 0 saturated carbocycles. The van der Waals surface area contributed by atoms with Gasteiger partial charge in [0.05, 0.1) is 18.8 Å². The zero-order valence-electron chi connectivity index (χ0n) is 10.1. The Balaban J connectivity index is 2.10. The second-order valence-electron chi connectivity index (χ2n) is 3.98. The molecule has 0 unspecified atom stereocenters. The van der Waals surface area contributed by atoms with E-state index in [-0.39, 0.29) is 12.3 Å². The summed E-state index contributed by atoms with van der Waals surface area (Å²) in [6.45, 7) is -0.225. The van der Waals surface area contributed by atoms with Gasteiger partial charge in [-0.1, -0.05) is 30.3 Å². The first-order valence-electron chi connectivity index (χ1n) is 5.79. The molecule has 0 radical (unpaired) electrons. The molecule has 0 saturated heterocycles. The molecular weight excluding hydrogens is 247 g/mol. The van der Waals surface area contributed by atoms with E-state index in [0.717, 1.165) is 11.8 Å². The number of carbonyl (C=O) groups is 1. The lowest BCUT2D eigenvalue weighted by Gasteiger charge is -2.16. The molecule has 0 spiro atoms. The number of amides is 1. The number of benzene rings is 1. The Bertz CT molecular complexity index is 543. The van der Waals surface area contributed by atoms with Gasteiger partial charge in [0.15, 0.2) is 0 Å². The Morgan fingerprint density at radius 1 is 1.26 bits per heavy atom. The van der Waals surface area contributed by atoms with Crippen LogP contribution in [0.25, 0.3) is 0 Å². The molecule has 0 bridgehead atoms. The Kier molecular flexibility index (Phi) is 4.20. The van der Waals surface area contributed by atoms with E-state index in [0.29, 0.717) is 0 Å². The molecule has 2 rings (SSSR count). The van der Waals surface area contributed by atoms with Crippen LogP contribution in [-0.4, -0.2) is 22.6 Å². The van der Waals surface area contributed by atoms with E-state index in [9.17, 15) is 14.3 Å². The number of aromatic nitrogens is 1. The quantitative estimate of drug-likeness (QED) is 0.879. The van der Waals surface area contributed by atoms with Gasteiger partial charge in [-0.3, -0.25) is 4.79 Å². The molecule has 19 heavy (non-hydrogen) atoms. The van der Waals surface area contributed by atoms with Crippen molar-refractivity contribution in [3.63, 3.8) is 0 Å². The van der Waals surface area contributed by atoms with Crippen molar-refractivity contribution >= 4 is 5.91 Å². The average Bonchev–Trinajstić information content (AvgIpc) is 2.46. The van der Waals surface area contributed by atoms with Gasteiger partial charge in [-0.05, 0) is 17.7 Å². The lowest BCUT2D eigenvalue weighted by atomic mass is 10.1. The van der Waals surface area contributed by atoms with Gasteiger partial charge in [0.25, 0.3) is 5.91 Å². The van der Waals surface area contributed by atoms with Crippen LogP contribution in [0.15, 0.2) is 48.7 Å². The number of nitrogens with zero attached hydrogens (tertiary/aromatic N) is 1. The number of halogens is 1. The number of rotatable bonds is 4. The normalized spacial score (nSPS) is 11.9. The highest BCUT2D eigenvalue weighted by Crippen LogP contribution is 2.12. The molecule has 2 N–H and O–H groups in total. The summed E-state index contributed by atoms with van der Waals surface area (Å²) >= 11 is 0. The van der Waals surface area contributed by atoms with Crippen LogP contribution >= 0.6 is 0 Å². The van der Waals surface area contributed by atoms with Crippen LogP contribution in [0.5, 0.6) is 0 Å². The first kappa shape index (κ1) is 13.2. The van der Waals surface area contributed by atoms with E-state index >= 15 is 0 Å². The van der Waals surface area contributed by atoms with Crippen molar-refractivity contribution < 1.29 is 14.3 Å². The monoisotopic (exact) mass is 260 g/mol. The van der Waals surface area contributed by atoms with E-state index in [1.807, 2.05) is 18.2 Å². The molecule has 1 atom stereocenters. The number of hydrogen-bond acceptors (Lipinski definition) is 3. The van der Waals surface area contributed by atoms with Gasteiger partial charge in [-0.15, -0.1) is 0 Å². The number of pyridine rings is 1. The maximum Gasteiger partial charge on any atom is 0.270 e. The minimum atomic E-state index is -0.513. The minimum absolute atomic E-state index is 0.107. The molecule has 1 amide bonds. The maximum absolute atomic E-state index is 12.7. The predicted octanol–water partition coefficient (Wildman–Crippen LogP) is 1.68. The summed E-state index contributed by atoms with van der Waals surface area (Å²) in [5.41, 5.74) is 0.899. The topological polar surface area (TPSA) is 62.2 Å². The van der Waals surface area contributed by atoms with Crippen LogP contribution in [0, 0.1) is 5.82 Å². The summed E-state index contributed by atoms with van der Waals surface area (Å²) in [6.07, 6.45) is 0.978. The Morgan fingerprint density at radius 3 is 2.58 bits per heavy atom. The van der Waals surface area contributed by atoms with Gasteiger partial charge in [0.2, 0.25) is 0 Å². The second kappa shape index (κ2) is 6.06. The molecular formula is C14H13FN2O2. The maximum atomic E-state index is 12.7. The largest absolute Gasteiger partial charge is 0.394 e. The third-order valence-electron chi connectivity index (χ3n) is 2.65. The average molecular weight is 260 g/mol. The summed E-state index contributed by atoms with van der Waals surface area (Å²) in [5, 5.41) is 12.0. The highest BCUT2D eigenvalue weighted by Gasteiger charge is 2.15. The van der Waals surface area contributed by atoms with Gasteiger partial charge in [-0.2, -0.15) is 0 Å². The third-order valence-corrected chi connectivity index (χ3v) is 2.65. The van der Waals surface area contributed by atoms with E-state index < -0.39 is 17.8 Å². The van der Waals surface area contributed by atoms with Gasteiger partial charge < -0.3 is 10.4 Å². The predicted molar refractivity (Wildman–Crippen MR) is 67.9 cm³/mol. The van der Waals surface area contributed by atoms with Crippen LogP contribution in [0.4, 0.5) is 4.39 Å². The molecule has 4 nitrogen and oxygen atoms in total. The third kappa shape index (κ3) is 3.35. The highest BCUT2D eigenvalue weighted by atomic mass is 19.1. The van der Waals surface area contributed by atoms with E-state index in [4.69, 9.17) is 0 Å². The smallest absolute Gasteiger partial charge is 0.270 e. The first-order chi connectivity index (χ1) is 9.20. The minimum Gasteiger partial charge on any atom is -0.394 e. The van der Waals surface area contributed by atoms with Crippen molar-refractivity contribution in [3.8, 4) is 0 Å². The van der Waals surface area contributed by atoms with Crippen molar-refractivity contribution in [3.05, 3.63) is 65.7 Å². The lowest BCUT2D eigenvalue weighted by molar-refractivity contribution is 0.0911. The molecule has 5 heteroatoms. The molecule has 0 aliphatic heterocycles. The van der Waals surface area contributed by atoms with Crippen molar-refractivity contribution in [1.29, 1.82) is 0 Å². The Labute approximate surface area is 109 Å². The summed E-state index contributed by atoms with van der Waals surface area (Å²) in [7, 11) is 0. The zero-order valence-corrected chi connectivity index (χ0v) is 10.1. The number of hydrogen-bond donors (Lipinski definition) is 2. The fourth-order valence-electron chi connectivity index (χ4n) is 1.66. The van der Waals surface area contributed by atoms with Crippen LogP contribution in [0.3, 0.4) is 0 Å². The molecule has 1 aromatic heterocycles. The standard InChI is InChI=1S/C14H13FN2O2/c15-11-6-7-12(16-8-11)14(19)17-13(9-18)10-4-2-1-3-5-10/h1-8,13,18H,9H2,(H,17,19)/t13-/m0/s1. The summed E-state index contributed by atoms with van der Waals surface area (Å²) in [5.74, 6) is -0.957. The van der Waals surface area contributed by atoms with E-state index in [2.05, 4.69) is 10.3 Å². The van der Waals surface area contributed by atoms with Crippen molar-refractivity contribution in [1.82, 2.24) is 10.3 Å². The van der Waals surface area contributed by atoms with Crippen LogP contribution < -0.4 is 5.32 Å². The van der Waals surface area contributed by atoms with Crippen molar-refractivity contribution in [2.75, 3.05) is 6.61 Å². The van der Waals surface area contributed by atoms with Gasteiger partial charge >= 0.3 is 0 Å². The molecule has 1 aromatic carbocycles. The van der Waals surface area contributed by atoms with Crippen molar-refractivity contribution in [2.45, 2.75) is 6.04 Å². The highest BCUT2D eigenvalue weighted by molar-refractivity contribution is 5.92. The first-order valence-corrected chi connectivity index (χ1v) is 5.79. The molecule has 98 valence electrons. The van der Waals surface area contributed by atoms with Crippen molar-refractivity contribution in [2.24, 2.45) is 0 Å². The van der Waals surface area contributed by atoms with Crippen LogP contribution in [0.2, 0.25) is 0 Å².